The van der Waals surface area contributed by atoms with Crippen LogP contribution in [0.4, 0.5) is 0 Å². The van der Waals surface area contributed by atoms with Gasteiger partial charge in [0, 0.05) is 11.9 Å². The van der Waals surface area contributed by atoms with Gasteiger partial charge in [-0.1, -0.05) is 25.3 Å². The lowest BCUT2D eigenvalue weighted by Gasteiger charge is -2.02. The molecule has 0 fully saturated rings. The average molecular weight is 147 g/mol. The summed E-state index contributed by atoms with van der Waals surface area (Å²) in [6.45, 7) is 6.42. The fourth-order valence-electron chi connectivity index (χ4n) is 1.22. The lowest BCUT2D eigenvalue weighted by molar-refractivity contribution is 1.01. The highest BCUT2D eigenvalue weighted by Crippen LogP contribution is 2.01. The Morgan fingerprint density at radius 2 is 2.27 bits per heavy atom. The zero-order chi connectivity index (χ0) is 8.27. The number of aryl methyl sites for hydroxylation is 2. The Hall–Kier alpha value is -0.785. The van der Waals surface area contributed by atoms with E-state index < -0.39 is 0 Å². The largest absolute Gasteiger partial charge is 0.262 e. The molecule has 0 saturated heterocycles. The van der Waals surface area contributed by atoms with Crippen molar-refractivity contribution in [2.75, 3.05) is 0 Å². The molecule has 0 aliphatic heterocycles. The summed E-state index contributed by atoms with van der Waals surface area (Å²) in [5.74, 6) is 0. The Labute approximate surface area is 69.1 Å². The Balaban J connectivity index is 2.99. The van der Waals surface area contributed by atoms with Crippen molar-refractivity contribution in [3.63, 3.8) is 0 Å². The topological polar surface area (TPSA) is 12.9 Å². The highest BCUT2D eigenvalue weighted by atomic mass is 14.7. The normalized spacial score (nSPS) is 9.73. The number of nitrogens with zero attached hydrogens (tertiary/aromatic N) is 1. The number of rotatable bonds is 2. The summed E-state index contributed by atoms with van der Waals surface area (Å²) in [5.41, 5.74) is 3.88. The van der Waals surface area contributed by atoms with Crippen LogP contribution >= 0.6 is 0 Å². The highest BCUT2D eigenvalue weighted by Gasteiger charge is 1.97. The maximum Gasteiger partial charge on any atom is 0.156 e. The van der Waals surface area contributed by atoms with Crippen molar-refractivity contribution in [2.24, 2.45) is 0 Å². The molecule has 1 heterocycles. The standard InChI is InChI=1S/C9H14BN/c1-4-9-7(2)5-8(10-3)6-11-9/h5-6,10H,4H2,1-3H3. The maximum atomic E-state index is 4.37. The summed E-state index contributed by atoms with van der Waals surface area (Å²) >= 11 is 0. The van der Waals surface area contributed by atoms with Crippen molar-refractivity contribution in [1.82, 2.24) is 4.98 Å². The Bertz CT molecular complexity index is 245. The van der Waals surface area contributed by atoms with Gasteiger partial charge in [-0.15, -0.1) is 0 Å². The first-order chi connectivity index (χ1) is 5.27. The summed E-state index contributed by atoms with van der Waals surface area (Å²) in [5, 5.41) is 0. The van der Waals surface area contributed by atoms with Gasteiger partial charge >= 0.3 is 0 Å². The van der Waals surface area contributed by atoms with Crippen molar-refractivity contribution in [3.05, 3.63) is 23.5 Å². The van der Waals surface area contributed by atoms with Crippen LogP contribution in [0.15, 0.2) is 12.3 Å². The Kier molecular flexibility index (Phi) is 2.69. The highest BCUT2D eigenvalue weighted by molar-refractivity contribution is 6.51. The lowest BCUT2D eigenvalue weighted by Crippen LogP contribution is -2.13. The molecule has 0 aliphatic rings. The number of pyridine rings is 1. The van der Waals surface area contributed by atoms with Gasteiger partial charge in [-0.3, -0.25) is 4.98 Å². The molecule has 11 heavy (non-hydrogen) atoms. The van der Waals surface area contributed by atoms with Gasteiger partial charge in [-0.05, 0) is 18.9 Å². The molecule has 0 amide bonds. The minimum absolute atomic E-state index is 1.04. The molecule has 0 atom stereocenters. The van der Waals surface area contributed by atoms with Crippen LogP contribution in [0.25, 0.3) is 0 Å². The van der Waals surface area contributed by atoms with Crippen LogP contribution in [0.1, 0.15) is 18.2 Å². The van der Waals surface area contributed by atoms with E-state index >= 15 is 0 Å². The van der Waals surface area contributed by atoms with E-state index in [4.69, 9.17) is 0 Å². The summed E-state index contributed by atoms with van der Waals surface area (Å²) < 4.78 is 0. The van der Waals surface area contributed by atoms with Crippen molar-refractivity contribution >= 4 is 12.7 Å². The van der Waals surface area contributed by atoms with E-state index in [9.17, 15) is 0 Å². The van der Waals surface area contributed by atoms with Gasteiger partial charge in [0.25, 0.3) is 0 Å². The Morgan fingerprint density at radius 1 is 1.55 bits per heavy atom. The quantitative estimate of drug-likeness (QED) is 0.570. The first kappa shape index (κ1) is 8.31. The Morgan fingerprint density at radius 3 is 2.73 bits per heavy atom. The fourth-order valence-corrected chi connectivity index (χ4v) is 1.22. The maximum absolute atomic E-state index is 4.37. The van der Waals surface area contributed by atoms with Crippen LogP contribution in [0.2, 0.25) is 6.82 Å². The second-order valence-corrected chi connectivity index (χ2v) is 2.81. The van der Waals surface area contributed by atoms with E-state index in [-0.39, 0.29) is 0 Å². The molecule has 1 aromatic heterocycles. The van der Waals surface area contributed by atoms with Crippen molar-refractivity contribution < 1.29 is 0 Å². The third kappa shape index (κ3) is 1.82. The second-order valence-electron chi connectivity index (χ2n) is 2.81. The average Bonchev–Trinajstić information content (AvgIpc) is 2.04. The molecule has 1 nitrogen and oxygen atoms in total. The molecule has 2 heteroatoms. The van der Waals surface area contributed by atoms with E-state index in [2.05, 4.69) is 31.7 Å². The molecule has 1 aromatic rings. The van der Waals surface area contributed by atoms with Crippen LogP contribution in [-0.4, -0.2) is 12.3 Å². The first-order valence-electron chi connectivity index (χ1n) is 4.22. The molecule has 0 aromatic carbocycles. The van der Waals surface area contributed by atoms with Gasteiger partial charge < -0.3 is 0 Å². The summed E-state index contributed by atoms with van der Waals surface area (Å²) in [4.78, 5) is 4.37. The third-order valence-corrected chi connectivity index (χ3v) is 1.99. The molecule has 0 spiro atoms. The monoisotopic (exact) mass is 147 g/mol. The van der Waals surface area contributed by atoms with Crippen LogP contribution in [-0.2, 0) is 6.42 Å². The molecule has 0 bridgehead atoms. The predicted molar refractivity (Wildman–Crippen MR) is 51.0 cm³/mol. The van der Waals surface area contributed by atoms with Gasteiger partial charge in [0.15, 0.2) is 7.28 Å². The van der Waals surface area contributed by atoms with Gasteiger partial charge in [-0.25, -0.2) is 0 Å². The third-order valence-electron chi connectivity index (χ3n) is 1.99. The molecular weight excluding hydrogens is 133 g/mol. The van der Waals surface area contributed by atoms with Crippen LogP contribution in [0.5, 0.6) is 0 Å². The molecule has 1 rings (SSSR count). The second kappa shape index (κ2) is 3.56. The predicted octanol–water partition coefficient (Wildman–Crippen LogP) is 1.06. The molecule has 0 unspecified atom stereocenters. The van der Waals surface area contributed by atoms with Crippen molar-refractivity contribution in [1.29, 1.82) is 0 Å². The zero-order valence-electron chi connectivity index (χ0n) is 7.52. The van der Waals surface area contributed by atoms with Crippen LogP contribution < -0.4 is 5.46 Å². The minimum Gasteiger partial charge on any atom is -0.262 e. The number of aromatic nitrogens is 1. The van der Waals surface area contributed by atoms with E-state index in [1.807, 2.05) is 6.20 Å². The van der Waals surface area contributed by atoms with Gasteiger partial charge in [-0.2, -0.15) is 0 Å². The van der Waals surface area contributed by atoms with Crippen molar-refractivity contribution in [3.8, 4) is 0 Å². The van der Waals surface area contributed by atoms with E-state index in [0.29, 0.717) is 0 Å². The van der Waals surface area contributed by atoms with Crippen LogP contribution in [0, 0.1) is 6.92 Å². The first-order valence-corrected chi connectivity index (χ1v) is 4.22. The van der Waals surface area contributed by atoms with E-state index in [0.717, 1.165) is 13.7 Å². The smallest absolute Gasteiger partial charge is 0.156 e. The number of hydrogen-bond acceptors (Lipinski definition) is 1. The molecule has 0 saturated carbocycles. The van der Waals surface area contributed by atoms with E-state index in [1.165, 1.54) is 16.7 Å². The van der Waals surface area contributed by atoms with Gasteiger partial charge in [0.05, 0.1) is 0 Å². The zero-order valence-corrected chi connectivity index (χ0v) is 7.52. The number of hydrogen-bond donors (Lipinski definition) is 0. The fraction of sp³-hybridized carbons (Fsp3) is 0.444. The lowest BCUT2D eigenvalue weighted by atomic mass is 9.74. The molecule has 0 N–H and O–H groups in total. The van der Waals surface area contributed by atoms with Crippen LogP contribution in [0.3, 0.4) is 0 Å². The van der Waals surface area contributed by atoms with Crippen molar-refractivity contribution in [2.45, 2.75) is 27.1 Å². The summed E-state index contributed by atoms with van der Waals surface area (Å²) in [6, 6.07) is 2.23. The van der Waals surface area contributed by atoms with Gasteiger partial charge in [0.1, 0.15) is 0 Å². The molecular formula is C9H14BN. The molecule has 0 radical (unpaired) electrons. The molecule has 58 valence electrons. The molecule has 0 aliphatic carbocycles. The SMILES string of the molecule is CBc1cnc(CC)c(C)c1. The van der Waals surface area contributed by atoms with E-state index in [1.54, 1.807) is 0 Å². The minimum atomic E-state index is 1.04. The summed E-state index contributed by atoms with van der Waals surface area (Å²) in [6.07, 6.45) is 3.02. The van der Waals surface area contributed by atoms with Gasteiger partial charge in [0.2, 0.25) is 0 Å². The summed E-state index contributed by atoms with van der Waals surface area (Å²) in [7, 11) is 1.08.